The Kier molecular flexibility index (Phi) is 8.84. The number of carbonyl (C=O) groups excluding carboxylic acids is 1. The molecule has 1 aromatic carbocycles. The third-order valence-electron chi connectivity index (χ3n) is 4.73. The van der Waals surface area contributed by atoms with Crippen molar-refractivity contribution in [1.29, 1.82) is 0 Å². The van der Waals surface area contributed by atoms with Gasteiger partial charge in [0.25, 0.3) is 5.91 Å². The van der Waals surface area contributed by atoms with Gasteiger partial charge in [-0.05, 0) is 34.4 Å². The zero-order chi connectivity index (χ0) is 24.6. The van der Waals surface area contributed by atoms with E-state index in [1.165, 1.54) is 6.20 Å². The van der Waals surface area contributed by atoms with Gasteiger partial charge in [0.2, 0.25) is 5.88 Å². The van der Waals surface area contributed by atoms with Gasteiger partial charge in [-0.2, -0.15) is 13.2 Å². The lowest BCUT2D eigenvalue weighted by atomic mass is 10.1. The molecule has 1 atom stereocenters. The van der Waals surface area contributed by atoms with Crippen molar-refractivity contribution in [3.63, 3.8) is 0 Å². The number of halogens is 3. The summed E-state index contributed by atoms with van der Waals surface area (Å²) < 4.78 is 43.2. The second-order valence-corrected chi connectivity index (χ2v) is 7.13. The van der Waals surface area contributed by atoms with Gasteiger partial charge in [-0.3, -0.25) is 9.79 Å². The highest BCUT2D eigenvalue weighted by molar-refractivity contribution is 5.99. The lowest BCUT2D eigenvalue weighted by molar-refractivity contribution is -0.0592. The summed E-state index contributed by atoms with van der Waals surface area (Å²) in [6.45, 7) is 9.77. The molecule has 7 nitrogen and oxygen atoms in total. The minimum Gasteiger partial charge on any atom is -0.474 e. The highest BCUT2D eigenvalue weighted by atomic mass is 19.4. The smallest absolute Gasteiger partial charge is 0.429 e. The standard InChI is InChI=1S/C23H26F3N5O2/c1-6-31(15(2)14-33-20(27-5)13-28-16(3)23(24,25)26)22(32)19-12-29-17(4)30-21(19)18-10-8-7-9-11-18/h7-13,15H,5-6,14H2,1-4H3/b20-13+,28-16+/t15-/m0/s1. The first-order valence-electron chi connectivity index (χ1n) is 10.2. The van der Waals surface area contributed by atoms with Crippen LogP contribution in [-0.2, 0) is 4.74 Å². The van der Waals surface area contributed by atoms with Gasteiger partial charge in [0.05, 0.1) is 23.5 Å². The molecule has 0 radical (unpaired) electrons. The normalized spacial score (nSPS) is 13.4. The van der Waals surface area contributed by atoms with Crippen LogP contribution < -0.4 is 0 Å². The van der Waals surface area contributed by atoms with Crippen LogP contribution in [0.15, 0.2) is 58.6 Å². The highest BCUT2D eigenvalue weighted by Gasteiger charge is 2.31. The van der Waals surface area contributed by atoms with Crippen molar-refractivity contribution in [2.75, 3.05) is 13.2 Å². The Bertz CT molecular complexity index is 1040. The van der Waals surface area contributed by atoms with Gasteiger partial charge in [-0.1, -0.05) is 30.3 Å². The maximum absolute atomic E-state index is 13.4. The number of carbonyl (C=O) groups is 1. The molecule has 33 heavy (non-hydrogen) atoms. The summed E-state index contributed by atoms with van der Waals surface area (Å²) in [5, 5.41) is 0. The van der Waals surface area contributed by atoms with Crippen LogP contribution in [0.25, 0.3) is 11.3 Å². The summed E-state index contributed by atoms with van der Waals surface area (Å²) in [6.07, 6.45) is -2.20. The molecule has 1 amide bonds. The van der Waals surface area contributed by atoms with Crippen molar-refractivity contribution in [3.05, 3.63) is 60.0 Å². The van der Waals surface area contributed by atoms with Gasteiger partial charge >= 0.3 is 6.18 Å². The molecule has 10 heteroatoms. The number of ether oxygens (including phenoxy) is 1. The fraction of sp³-hybridized carbons (Fsp3) is 0.348. The Labute approximate surface area is 190 Å². The number of aliphatic imine (C=N–C) groups is 2. The van der Waals surface area contributed by atoms with E-state index in [1.54, 1.807) is 18.7 Å². The summed E-state index contributed by atoms with van der Waals surface area (Å²) in [6, 6.07) is 8.86. The molecule has 0 N–H and O–H groups in total. The molecule has 2 rings (SSSR count). The predicted octanol–water partition coefficient (Wildman–Crippen LogP) is 4.84. The number of alkyl halides is 3. The van der Waals surface area contributed by atoms with E-state index in [-0.39, 0.29) is 18.4 Å². The number of benzene rings is 1. The minimum absolute atomic E-state index is 0.0294. The molecule has 0 bridgehead atoms. The Morgan fingerprint density at radius 1 is 1.30 bits per heavy atom. The largest absolute Gasteiger partial charge is 0.474 e. The number of nitrogens with zero attached hydrogens (tertiary/aromatic N) is 5. The van der Waals surface area contributed by atoms with Crippen LogP contribution >= 0.6 is 0 Å². The Morgan fingerprint density at radius 3 is 2.55 bits per heavy atom. The fourth-order valence-corrected chi connectivity index (χ4v) is 2.90. The molecule has 0 aliphatic heterocycles. The van der Waals surface area contributed by atoms with Crippen LogP contribution in [0.1, 0.15) is 37.0 Å². The van der Waals surface area contributed by atoms with E-state index in [9.17, 15) is 18.0 Å². The van der Waals surface area contributed by atoms with Crippen molar-refractivity contribution in [2.45, 2.75) is 39.9 Å². The minimum atomic E-state index is -4.55. The van der Waals surface area contributed by atoms with Crippen molar-refractivity contribution in [3.8, 4) is 11.3 Å². The Morgan fingerprint density at radius 2 is 1.97 bits per heavy atom. The number of amides is 1. The van der Waals surface area contributed by atoms with E-state index in [4.69, 9.17) is 4.74 Å². The van der Waals surface area contributed by atoms with Crippen molar-refractivity contribution in [1.82, 2.24) is 14.9 Å². The summed E-state index contributed by atoms with van der Waals surface area (Å²) in [5.41, 5.74) is 0.595. The summed E-state index contributed by atoms with van der Waals surface area (Å²) in [5.74, 6) is 0.0550. The molecule has 0 unspecified atom stereocenters. The number of aromatic nitrogens is 2. The molecule has 0 saturated heterocycles. The van der Waals surface area contributed by atoms with Crippen LogP contribution in [0, 0.1) is 6.92 Å². The first kappa shape index (κ1) is 25.7. The molecule has 1 aromatic heterocycles. The summed E-state index contributed by atoms with van der Waals surface area (Å²) in [4.78, 5) is 30.4. The van der Waals surface area contributed by atoms with E-state index < -0.39 is 17.9 Å². The summed E-state index contributed by atoms with van der Waals surface area (Å²) >= 11 is 0. The van der Waals surface area contributed by atoms with E-state index in [2.05, 4.69) is 26.7 Å². The first-order chi connectivity index (χ1) is 15.6. The fourth-order valence-electron chi connectivity index (χ4n) is 2.90. The Balaban J connectivity index is 2.22. The van der Waals surface area contributed by atoms with Gasteiger partial charge in [0.1, 0.15) is 18.1 Å². The first-order valence-corrected chi connectivity index (χ1v) is 10.2. The molecule has 1 heterocycles. The number of aryl methyl sites for hydroxylation is 1. The van der Waals surface area contributed by atoms with Gasteiger partial charge < -0.3 is 9.64 Å². The third-order valence-corrected chi connectivity index (χ3v) is 4.73. The number of hydrogen-bond acceptors (Lipinski definition) is 6. The average molecular weight is 461 g/mol. The van der Waals surface area contributed by atoms with Crippen molar-refractivity contribution >= 4 is 18.3 Å². The molecule has 176 valence electrons. The molecule has 0 aliphatic carbocycles. The number of rotatable bonds is 9. The monoisotopic (exact) mass is 461 g/mol. The molecular weight excluding hydrogens is 435 g/mol. The molecular formula is C23H26F3N5O2. The SMILES string of the molecule is C=N/C(=C\N=C(/C)C(F)(F)F)OC[C@H](C)N(CC)C(=O)c1cnc(C)nc1-c1ccccc1. The lowest BCUT2D eigenvalue weighted by Crippen LogP contribution is -2.41. The van der Waals surface area contributed by atoms with Gasteiger partial charge in [0, 0.05) is 18.3 Å². The summed E-state index contributed by atoms with van der Waals surface area (Å²) in [7, 11) is 0. The van der Waals surface area contributed by atoms with Crippen LogP contribution in [0.2, 0.25) is 0 Å². The predicted molar refractivity (Wildman–Crippen MR) is 121 cm³/mol. The number of hydrogen-bond donors (Lipinski definition) is 0. The lowest BCUT2D eigenvalue weighted by Gasteiger charge is -2.28. The molecule has 0 fully saturated rings. The van der Waals surface area contributed by atoms with Crippen LogP contribution in [0.3, 0.4) is 0 Å². The molecule has 0 spiro atoms. The molecule has 0 aliphatic rings. The second kappa shape index (κ2) is 11.3. The average Bonchev–Trinajstić information content (AvgIpc) is 2.79. The zero-order valence-corrected chi connectivity index (χ0v) is 18.9. The van der Waals surface area contributed by atoms with Gasteiger partial charge in [-0.15, -0.1) is 0 Å². The maximum atomic E-state index is 13.4. The molecule has 2 aromatic rings. The highest BCUT2D eigenvalue weighted by Crippen LogP contribution is 2.23. The molecule has 0 saturated carbocycles. The van der Waals surface area contributed by atoms with E-state index in [0.717, 1.165) is 18.7 Å². The van der Waals surface area contributed by atoms with Crippen molar-refractivity contribution < 1.29 is 22.7 Å². The number of likely N-dealkylation sites (N-methyl/N-ethyl adjacent to an activating group) is 1. The van der Waals surface area contributed by atoms with E-state index in [1.807, 2.05) is 37.3 Å². The second-order valence-electron chi connectivity index (χ2n) is 7.13. The zero-order valence-electron chi connectivity index (χ0n) is 18.9. The van der Waals surface area contributed by atoms with Gasteiger partial charge in [0.15, 0.2) is 0 Å². The van der Waals surface area contributed by atoms with Crippen LogP contribution in [-0.4, -0.2) is 58.6 Å². The Hall–Kier alpha value is -3.56. The van der Waals surface area contributed by atoms with Crippen LogP contribution in [0.5, 0.6) is 0 Å². The maximum Gasteiger partial charge on any atom is 0.429 e. The van der Waals surface area contributed by atoms with Gasteiger partial charge in [-0.25, -0.2) is 15.0 Å². The third kappa shape index (κ3) is 6.96. The van der Waals surface area contributed by atoms with Crippen molar-refractivity contribution in [2.24, 2.45) is 9.98 Å². The van der Waals surface area contributed by atoms with E-state index >= 15 is 0 Å². The van der Waals surface area contributed by atoms with Crippen LogP contribution in [0.4, 0.5) is 13.2 Å². The van der Waals surface area contributed by atoms with E-state index in [0.29, 0.717) is 23.6 Å². The topological polar surface area (TPSA) is 80.0 Å². The quantitative estimate of drug-likeness (QED) is 0.395.